The first kappa shape index (κ1) is 14.0. The zero-order valence-electron chi connectivity index (χ0n) is 11.9. The zero-order chi connectivity index (χ0) is 12.6. The number of hydroxylamine groups is 2. The number of piperidine rings is 1. The maximum absolute atomic E-state index is 10.3. The number of nitrogens with zero attached hydrogens (tertiary/aromatic N) is 1. The molecule has 0 amide bonds. The highest BCUT2D eigenvalue weighted by Gasteiger charge is 2.50. The average molecular weight is 227 g/mol. The summed E-state index contributed by atoms with van der Waals surface area (Å²) in [7, 11) is 0. The van der Waals surface area contributed by atoms with Gasteiger partial charge in [-0.25, -0.2) is 0 Å². The summed E-state index contributed by atoms with van der Waals surface area (Å²) in [6.45, 7) is 13.2. The van der Waals surface area contributed by atoms with Crippen molar-refractivity contribution in [2.45, 2.75) is 84.7 Å². The fourth-order valence-corrected chi connectivity index (χ4v) is 4.00. The quantitative estimate of drug-likeness (QED) is 0.780. The highest BCUT2D eigenvalue weighted by atomic mass is 16.5. The third-order valence-electron chi connectivity index (χ3n) is 4.29. The second-order valence-electron chi connectivity index (χ2n) is 6.89. The Bertz CT molecular complexity index is 227. The van der Waals surface area contributed by atoms with E-state index in [1.165, 1.54) is 19.3 Å². The summed E-state index contributed by atoms with van der Waals surface area (Å²) in [6.07, 6.45) is 5.95. The highest BCUT2D eigenvalue weighted by Crippen LogP contribution is 2.51. The Morgan fingerprint density at radius 3 is 1.75 bits per heavy atom. The molecule has 0 radical (unpaired) electrons. The Labute approximate surface area is 101 Å². The highest BCUT2D eigenvalue weighted by molar-refractivity contribution is 5.02. The maximum atomic E-state index is 10.3. The molecule has 2 nitrogen and oxygen atoms in total. The first-order valence-corrected chi connectivity index (χ1v) is 6.68. The van der Waals surface area contributed by atoms with Gasteiger partial charge in [0.15, 0.2) is 0 Å². The lowest BCUT2D eigenvalue weighted by Gasteiger charge is -2.57. The minimum Gasteiger partial charge on any atom is -0.313 e. The molecule has 16 heavy (non-hydrogen) atoms. The van der Waals surface area contributed by atoms with Gasteiger partial charge in [0.25, 0.3) is 0 Å². The van der Waals surface area contributed by atoms with E-state index in [-0.39, 0.29) is 11.1 Å². The van der Waals surface area contributed by atoms with Gasteiger partial charge < -0.3 is 5.21 Å². The van der Waals surface area contributed by atoms with Crippen LogP contribution in [0.25, 0.3) is 0 Å². The van der Waals surface area contributed by atoms with Crippen LogP contribution in [0, 0.1) is 5.41 Å². The van der Waals surface area contributed by atoms with Gasteiger partial charge in [0, 0.05) is 11.1 Å². The molecule has 1 heterocycles. The molecule has 2 heteroatoms. The number of hydrogen-bond acceptors (Lipinski definition) is 2. The SMILES string of the molecule is CCCC1(CC)CC(C)(C)N(O)C(C)(C)C1. The topological polar surface area (TPSA) is 23.5 Å². The molecular formula is C14H29NO. The monoisotopic (exact) mass is 227 g/mol. The van der Waals surface area contributed by atoms with Gasteiger partial charge in [-0.3, -0.25) is 0 Å². The lowest BCUT2D eigenvalue weighted by molar-refractivity contribution is -0.265. The van der Waals surface area contributed by atoms with Crippen molar-refractivity contribution in [3.8, 4) is 0 Å². The molecule has 0 aliphatic carbocycles. The summed E-state index contributed by atoms with van der Waals surface area (Å²) in [6, 6.07) is 0. The van der Waals surface area contributed by atoms with Gasteiger partial charge in [-0.15, -0.1) is 0 Å². The molecule has 0 saturated carbocycles. The summed E-state index contributed by atoms with van der Waals surface area (Å²) >= 11 is 0. The Morgan fingerprint density at radius 1 is 1.00 bits per heavy atom. The van der Waals surface area contributed by atoms with Crippen LogP contribution in [0.5, 0.6) is 0 Å². The van der Waals surface area contributed by atoms with E-state index in [0.717, 1.165) is 12.8 Å². The smallest absolute Gasteiger partial charge is 0.0415 e. The maximum Gasteiger partial charge on any atom is 0.0415 e. The molecule has 0 unspecified atom stereocenters. The number of hydrogen-bond donors (Lipinski definition) is 1. The van der Waals surface area contributed by atoms with Crippen LogP contribution in [0.2, 0.25) is 0 Å². The van der Waals surface area contributed by atoms with Crippen LogP contribution in [0.1, 0.15) is 73.6 Å². The summed E-state index contributed by atoms with van der Waals surface area (Å²) in [4.78, 5) is 0. The van der Waals surface area contributed by atoms with Gasteiger partial charge in [0.05, 0.1) is 0 Å². The molecule has 0 aromatic carbocycles. The van der Waals surface area contributed by atoms with Crippen molar-refractivity contribution in [1.82, 2.24) is 5.06 Å². The molecule has 1 saturated heterocycles. The first-order chi connectivity index (χ1) is 7.19. The van der Waals surface area contributed by atoms with Crippen LogP contribution in [0.4, 0.5) is 0 Å². The summed E-state index contributed by atoms with van der Waals surface area (Å²) < 4.78 is 0. The van der Waals surface area contributed by atoms with Gasteiger partial charge in [-0.05, 0) is 52.4 Å². The zero-order valence-corrected chi connectivity index (χ0v) is 11.9. The van der Waals surface area contributed by atoms with E-state index in [0.29, 0.717) is 5.41 Å². The Kier molecular flexibility index (Phi) is 3.76. The first-order valence-electron chi connectivity index (χ1n) is 6.68. The van der Waals surface area contributed by atoms with E-state index in [9.17, 15) is 5.21 Å². The molecule has 1 fully saturated rings. The molecule has 96 valence electrons. The van der Waals surface area contributed by atoms with Gasteiger partial charge in [-0.2, -0.15) is 5.06 Å². The minimum atomic E-state index is -0.104. The summed E-state index contributed by atoms with van der Waals surface area (Å²) in [5.74, 6) is 0. The fraction of sp³-hybridized carbons (Fsp3) is 1.00. The largest absolute Gasteiger partial charge is 0.313 e. The van der Waals surface area contributed by atoms with E-state index in [2.05, 4.69) is 41.5 Å². The molecule has 0 spiro atoms. The van der Waals surface area contributed by atoms with Gasteiger partial charge in [0.2, 0.25) is 0 Å². The second kappa shape index (κ2) is 4.30. The Morgan fingerprint density at radius 2 is 1.44 bits per heavy atom. The standard InChI is InChI=1S/C14H29NO/c1-7-9-14(8-2)10-12(3,4)15(16)13(5,6)11-14/h16H,7-11H2,1-6H3. The molecule has 0 aromatic rings. The molecule has 0 atom stereocenters. The lowest BCUT2D eigenvalue weighted by Crippen LogP contribution is -2.61. The van der Waals surface area contributed by atoms with Crippen LogP contribution in [-0.2, 0) is 0 Å². The third-order valence-corrected chi connectivity index (χ3v) is 4.29. The van der Waals surface area contributed by atoms with Crippen molar-refractivity contribution in [1.29, 1.82) is 0 Å². The summed E-state index contributed by atoms with van der Waals surface area (Å²) in [5, 5.41) is 11.9. The van der Waals surface area contributed by atoms with Gasteiger partial charge >= 0.3 is 0 Å². The van der Waals surface area contributed by atoms with Crippen LogP contribution in [0.15, 0.2) is 0 Å². The van der Waals surface area contributed by atoms with Crippen LogP contribution in [-0.4, -0.2) is 21.3 Å². The molecule has 0 bridgehead atoms. The van der Waals surface area contributed by atoms with E-state index in [4.69, 9.17) is 0 Å². The molecule has 1 aliphatic heterocycles. The third kappa shape index (κ3) is 2.43. The minimum absolute atomic E-state index is 0.104. The van der Waals surface area contributed by atoms with Crippen molar-refractivity contribution in [2.24, 2.45) is 5.41 Å². The normalized spacial score (nSPS) is 27.9. The molecule has 1 N–H and O–H groups in total. The average Bonchev–Trinajstić information content (AvgIpc) is 2.14. The van der Waals surface area contributed by atoms with Crippen LogP contribution >= 0.6 is 0 Å². The predicted molar refractivity (Wildman–Crippen MR) is 68.6 cm³/mol. The molecule has 1 aliphatic rings. The van der Waals surface area contributed by atoms with Crippen molar-refractivity contribution < 1.29 is 5.21 Å². The lowest BCUT2D eigenvalue weighted by atomic mass is 9.62. The van der Waals surface area contributed by atoms with Crippen molar-refractivity contribution in [3.63, 3.8) is 0 Å². The van der Waals surface area contributed by atoms with Crippen molar-refractivity contribution in [2.75, 3.05) is 0 Å². The Hall–Kier alpha value is -0.0800. The second-order valence-corrected chi connectivity index (χ2v) is 6.89. The summed E-state index contributed by atoms with van der Waals surface area (Å²) in [5.41, 5.74) is 0.209. The number of rotatable bonds is 3. The fourth-order valence-electron chi connectivity index (χ4n) is 4.00. The molecular weight excluding hydrogens is 198 g/mol. The van der Waals surface area contributed by atoms with E-state index < -0.39 is 0 Å². The van der Waals surface area contributed by atoms with Gasteiger partial charge in [-0.1, -0.05) is 26.7 Å². The van der Waals surface area contributed by atoms with Gasteiger partial charge in [0.1, 0.15) is 0 Å². The van der Waals surface area contributed by atoms with Crippen molar-refractivity contribution in [3.05, 3.63) is 0 Å². The predicted octanol–water partition coefficient (Wildman–Crippen LogP) is 4.23. The van der Waals surface area contributed by atoms with Crippen LogP contribution < -0.4 is 0 Å². The van der Waals surface area contributed by atoms with E-state index >= 15 is 0 Å². The Balaban J connectivity index is 3.00. The molecule has 1 rings (SSSR count). The van der Waals surface area contributed by atoms with Crippen LogP contribution in [0.3, 0.4) is 0 Å². The van der Waals surface area contributed by atoms with E-state index in [1.54, 1.807) is 5.06 Å². The van der Waals surface area contributed by atoms with E-state index in [1.807, 2.05) is 0 Å². The van der Waals surface area contributed by atoms with Crippen molar-refractivity contribution >= 4 is 0 Å². The molecule has 0 aromatic heterocycles.